The van der Waals surface area contributed by atoms with Gasteiger partial charge in [-0.25, -0.2) is 15.0 Å². The van der Waals surface area contributed by atoms with Crippen molar-refractivity contribution in [3.63, 3.8) is 0 Å². The summed E-state index contributed by atoms with van der Waals surface area (Å²) >= 11 is 0. The molecule has 1 atom stereocenters. The predicted octanol–water partition coefficient (Wildman–Crippen LogP) is 7.17. The first-order valence-corrected chi connectivity index (χ1v) is 17.7. The van der Waals surface area contributed by atoms with E-state index in [-0.39, 0.29) is 40.2 Å². The van der Waals surface area contributed by atoms with Crippen LogP contribution in [-0.4, -0.2) is 62.7 Å². The van der Waals surface area contributed by atoms with E-state index in [1.807, 2.05) is 68.4 Å². The maximum Gasteiger partial charge on any atom is 0.294 e. The molecule has 0 bridgehead atoms. The fraction of sp³-hybridized carbons (Fsp3) is 0.417. The van der Waals surface area contributed by atoms with Crippen LogP contribution in [0.4, 0.5) is 0 Å². The summed E-state index contributed by atoms with van der Waals surface area (Å²) in [7, 11) is -1.07. The van der Waals surface area contributed by atoms with Gasteiger partial charge < -0.3 is 19.4 Å². The lowest BCUT2D eigenvalue weighted by Crippen LogP contribution is -2.41. The van der Waals surface area contributed by atoms with Crippen LogP contribution >= 0.6 is 10.0 Å². The highest BCUT2D eigenvalue weighted by atomic mass is 32.3. The van der Waals surface area contributed by atoms with E-state index in [9.17, 15) is 9.59 Å². The number of H-pyrrole nitrogens is 1. The molecule has 7 nitrogen and oxygen atoms in total. The number of ether oxygens (including phenoxy) is 2. The predicted molar refractivity (Wildman–Crippen MR) is 183 cm³/mol. The van der Waals surface area contributed by atoms with Gasteiger partial charge in [0.2, 0.25) is 5.75 Å². The highest BCUT2D eigenvalue weighted by molar-refractivity contribution is 8.34. The van der Waals surface area contributed by atoms with Crippen LogP contribution < -0.4 is 10.3 Å². The number of hydrogen-bond donors (Lipinski definition) is 1. The van der Waals surface area contributed by atoms with E-state index in [0.717, 1.165) is 21.9 Å². The number of hydrogen-bond acceptors (Lipinski definition) is 5. The molecule has 0 fully saturated rings. The van der Waals surface area contributed by atoms with Gasteiger partial charge in [-0.1, -0.05) is 93.6 Å². The molecule has 0 aliphatic rings. The second-order valence-electron chi connectivity index (χ2n) is 12.8. The Morgan fingerprint density at radius 2 is 1.61 bits per heavy atom. The fourth-order valence-corrected chi connectivity index (χ4v) is 6.38. The molecule has 44 heavy (non-hydrogen) atoms. The number of nitrogens with one attached hydrogen (secondary N) is 1. The molecule has 0 aliphatic carbocycles. The molecule has 1 amide bonds. The van der Waals surface area contributed by atoms with Crippen LogP contribution in [-0.2, 0) is 17.8 Å². The summed E-state index contributed by atoms with van der Waals surface area (Å²) in [6.07, 6.45) is 4.94. The Labute approximate surface area is 263 Å². The zero-order valence-corrected chi connectivity index (χ0v) is 28.2. The maximum absolute atomic E-state index is 14.2. The van der Waals surface area contributed by atoms with Crippen molar-refractivity contribution >= 4 is 26.7 Å². The molecule has 0 spiro atoms. The summed E-state index contributed by atoms with van der Waals surface area (Å²) in [6.45, 7) is 13.7. The highest BCUT2D eigenvalue weighted by Gasteiger charge is 2.34. The van der Waals surface area contributed by atoms with Crippen molar-refractivity contribution in [3.8, 4) is 5.75 Å². The van der Waals surface area contributed by atoms with Crippen LogP contribution in [0.5, 0.6) is 5.75 Å². The molecule has 0 aliphatic heterocycles. The lowest BCUT2D eigenvalue weighted by atomic mass is 10.0. The normalized spacial score (nSPS) is 13.2. The van der Waals surface area contributed by atoms with Crippen LogP contribution in [0.15, 0.2) is 77.6 Å². The minimum Gasteiger partial charge on any atom is -0.481 e. The number of carbonyl (C=O) groups is 1. The van der Waals surface area contributed by atoms with Gasteiger partial charge in [0, 0.05) is 19.0 Å². The third kappa shape index (κ3) is 7.71. The standard InChI is InChI=1S/C36H47N3O4S/c1-25(2)39(21-22-42-26(3)44(7,8)36(4,5)6)35(41)32-33(43-24-27-15-10-9-11-16-27)34(40)38-31(37-32)23-29-19-14-18-28-17-12-13-20-30(28)29/h9-20,25-26H,21-24H2,1-8H3,(H,37,38,40). The van der Waals surface area contributed by atoms with Crippen molar-refractivity contribution in [2.75, 3.05) is 25.7 Å². The molecule has 4 aromatic rings. The monoisotopic (exact) mass is 617 g/mol. The Morgan fingerprint density at radius 1 is 0.955 bits per heavy atom. The van der Waals surface area contributed by atoms with Crippen molar-refractivity contribution in [2.24, 2.45) is 0 Å². The van der Waals surface area contributed by atoms with E-state index < -0.39 is 15.6 Å². The van der Waals surface area contributed by atoms with Crippen molar-refractivity contribution in [1.82, 2.24) is 14.9 Å². The molecular formula is C36H47N3O4S. The molecule has 0 radical (unpaired) electrons. The van der Waals surface area contributed by atoms with E-state index in [4.69, 9.17) is 14.5 Å². The molecule has 0 saturated carbocycles. The molecule has 3 aromatic carbocycles. The van der Waals surface area contributed by atoms with Crippen molar-refractivity contribution in [2.45, 2.75) is 70.8 Å². The Hall–Kier alpha value is -3.62. The Bertz CT molecular complexity index is 1620. The van der Waals surface area contributed by atoms with Crippen molar-refractivity contribution in [1.29, 1.82) is 0 Å². The topological polar surface area (TPSA) is 84.5 Å². The smallest absolute Gasteiger partial charge is 0.294 e. The van der Waals surface area contributed by atoms with E-state index >= 15 is 0 Å². The fourth-order valence-electron chi connectivity index (χ4n) is 4.94. The van der Waals surface area contributed by atoms with Crippen LogP contribution in [0, 0.1) is 0 Å². The van der Waals surface area contributed by atoms with E-state index in [2.05, 4.69) is 63.4 Å². The zero-order chi connectivity index (χ0) is 32.1. The second kappa shape index (κ2) is 14.0. The maximum atomic E-state index is 14.2. The number of aromatic nitrogens is 2. The number of fused-ring (bicyclic) bond motifs is 1. The average molecular weight is 618 g/mol. The van der Waals surface area contributed by atoms with E-state index in [0.29, 0.717) is 25.4 Å². The highest BCUT2D eigenvalue weighted by Crippen LogP contribution is 2.56. The quantitative estimate of drug-likeness (QED) is 0.182. The van der Waals surface area contributed by atoms with Gasteiger partial charge in [-0.2, -0.15) is 0 Å². The van der Waals surface area contributed by atoms with Crippen LogP contribution in [0.25, 0.3) is 10.8 Å². The molecule has 0 saturated heterocycles. The number of benzene rings is 3. The van der Waals surface area contributed by atoms with Gasteiger partial charge in [0.15, 0.2) is 5.69 Å². The lowest BCUT2D eigenvalue weighted by molar-refractivity contribution is 0.0540. The summed E-state index contributed by atoms with van der Waals surface area (Å²) in [6, 6.07) is 23.6. The SMILES string of the molecule is CC(C)N(CCOC(C)S(C)(C)C(C)(C)C)C(=O)c1nc(Cc2cccc3ccccc23)[nH]c(=O)c1OCc1ccccc1. The second-order valence-corrected chi connectivity index (χ2v) is 17.5. The largest absolute Gasteiger partial charge is 0.481 e. The third-order valence-corrected chi connectivity index (χ3v) is 13.5. The lowest BCUT2D eigenvalue weighted by Gasteiger charge is -2.48. The first kappa shape index (κ1) is 33.3. The van der Waals surface area contributed by atoms with Gasteiger partial charge in [-0.05, 0) is 59.9 Å². The molecule has 1 aromatic heterocycles. The van der Waals surface area contributed by atoms with Gasteiger partial charge >= 0.3 is 0 Å². The van der Waals surface area contributed by atoms with Gasteiger partial charge in [0.1, 0.15) is 12.4 Å². The number of rotatable bonds is 12. The summed E-state index contributed by atoms with van der Waals surface area (Å²) < 4.78 is 12.5. The average Bonchev–Trinajstić information content (AvgIpc) is 2.98. The molecule has 8 heteroatoms. The zero-order valence-electron chi connectivity index (χ0n) is 27.3. The van der Waals surface area contributed by atoms with Crippen molar-refractivity contribution in [3.05, 3.63) is 106 Å². The molecular weight excluding hydrogens is 570 g/mol. The minimum absolute atomic E-state index is 0.0160. The first-order valence-electron chi connectivity index (χ1n) is 15.2. The van der Waals surface area contributed by atoms with Crippen LogP contribution in [0.1, 0.15) is 69.0 Å². The number of carbonyl (C=O) groups excluding carboxylic acids is 1. The van der Waals surface area contributed by atoms with Crippen LogP contribution in [0.2, 0.25) is 0 Å². The minimum atomic E-state index is -1.07. The molecule has 236 valence electrons. The Kier molecular flexibility index (Phi) is 10.6. The van der Waals surface area contributed by atoms with Gasteiger partial charge in [-0.3, -0.25) is 9.59 Å². The first-order chi connectivity index (χ1) is 20.8. The van der Waals surface area contributed by atoms with Crippen molar-refractivity contribution < 1.29 is 14.3 Å². The number of nitrogens with zero attached hydrogens (tertiary/aromatic N) is 2. The van der Waals surface area contributed by atoms with E-state index in [1.165, 1.54) is 0 Å². The summed E-state index contributed by atoms with van der Waals surface area (Å²) in [5.41, 5.74) is 1.49. The van der Waals surface area contributed by atoms with E-state index in [1.54, 1.807) is 4.90 Å². The summed E-state index contributed by atoms with van der Waals surface area (Å²) in [5.74, 6) is -0.0170. The third-order valence-electron chi connectivity index (χ3n) is 8.57. The Morgan fingerprint density at radius 3 is 2.30 bits per heavy atom. The van der Waals surface area contributed by atoms with Gasteiger partial charge in [0.25, 0.3) is 11.5 Å². The molecule has 1 heterocycles. The number of aromatic amines is 1. The Balaban J connectivity index is 1.65. The van der Waals surface area contributed by atoms with Crippen LogP contribution in [0.3, 0.4) is 0 Å². The van der Waals surface area contributed by atoms with Gasteiger partial charge in [-0.15, -0.1) is 0 Å². The van der Waals surface area contributed by atoms with Gasteiger partial charge in [0.05, 0.1) is 12.0 Å². The number of amides is 1. The molecule has 1 N–H and O–H groups in total. The summed E-state index contributed by atoms with van der Waals surface area (Å²) in [4.78, 5) is 37.1. The summed E-state index contributed by atoms with van der Waals surface area (Å²) in [5, 5.41) is 2.17. The molecule has 4 rings (SSSR count). The molecule has 1 unspecified atom stereocenters.